The minimum Gasteiger partial charge on any atom is -0.466 e. The number of carbonyl (C=O) groups is 3. The number of carbonyl (C=O) groups excluding carboxylic acids is 3. The van der Waals surface area contributed by atoms with E-state index in [2.05, 4.69) is 10.1 Å². The van der Waals surface area contributed by atoms with E-state index in [9.17, 15) is 14.4 Å². The highest BCUT2D eigenvalue weighted by molar-refractivity contribution is 5.82. The molecule has 0 saturated heterocycles. The van der Waals surface area contributed by atoms with Crippen LogP contribution in [0.1, 0.15) is 32.1 Å². The Kier molecular flexibility index (Phi) is 6.11. The van der Waals surface area contributed by atoms with Crippen LogP contribution < -0.4 is 5.32 Å². The molecule has 0 bridgehead atoms. The number of hydrogen-bond acceptors (Lipinski definition) is 4. The molecular formula is C13H19NO4. The standard InChI is InChI=1S/C13H19NO4/c1-18-13(17)3-2-8-14-12(16)7-5-10-4-6-11(15)9-10/h2-3,10H,4-9H2,1H3,(H,14,16)/b3-2+. The molecule has 1 saturated carbocycles. The van der Waals surface area contributed by atoms with Crippen LogP contribution in [0.3, 0.4) is 0 Å². The Morgan fingerprint density at radius 1 is 1.50 bits per heavy atom. The van der Waals surface area contributed by atoms with Crippen LogP contribution in [0.5, 0.6) is 0 Å². The Morgan fingerprint density at radius 2 is 2.28 bits per heavy atom. The van der Waals surface area contributed by atoms with E-state index >= 15 is 0 Å². The summed E-state index contributed by atoms with van der Waals surface area (Å²) in [5.41, 5.74) is 0. The van der Waals surface area contributed by atoms with E-state index in [0.717, 1.165) is 12.8 Å². The summed E-state index contributed by atoms with van der Waals surface area (Å²) in [7, 11) is 1.30. The molecule has 1 atom stereocenters. The normalized spacial score (nSPS) is 19.2. The van der Waals surface area contributed by atoms with Crippen molar-refractivity contribution >= 4 is 17.7 Å². The highest BCUT2D eigenvalue weighted by atomic mass is 16.5. The fourth-order valence-corrected chi connectivity index (χ4v) is 1.96. The molecule has 1 aliphatic rings. The molecule has 18 heavy (non-hydrogen) atoms. The van der Waals surface area contributed by atoms with Crippen molar-refractivity contribution in [1.82, 2.24) is 5.32 Å². The van der Waals surface area contributed by atoms with Crippen LogP contribution in [-0.2, 0) is 19.1 Å². The Morgan fingerprint density at radius 3 is 2.89 bits per heavy atom. The molecule has 0 heterocycles. The number of amides is 1. The van der Waals surface area contributed by atoms with Gasteiger partial charge < -0.3 is 10.1 Å². The Labute approximate surface area is 107 Å². The summed E-state index contributed by atoms with van der Waals surface area (Å²) in [6, 6.07) is 0. The molecule has 5 heteroatoms. The molecule has 1 N–H and O–H groups in total. The summed E-state index contributed by atoms with van der Waals surface area (Å²) in [6.45, 7) is 0.317. The lowest BCUT2D eigenvalue weighted by Gasteiger charge is -2.07. The number of esters is 1. The molecule has 0 aromatic rings. The van der Waals surface area contributed by atoms with Crippen LogP contribution in [0.25, 0.3) is 0 Å². The van der Waals surface area contributed by atoms with Crippen molar-refractivity contribution in [2.75, 3.05) is 13.7 Å². The third-order valence-electron chi connectivity index (χ3n) is 3.00. The van der Waals surface area contributed by atoms with Crippen molar-refractivity contribution in [3.63, 3.8) is 0 Å². The molecule has 100 valence electrons. The van der Waals surface area contributed by atoms with E-state index in [1.165, 1.54) is 13.2 Å². The summed E-state index contributed by atoms with van der Waals surface area (Å²) in [5, 5.41) is 2.68. The predicted molar refractivity (Wildman–Crippen MR) is 65.7 cm³/mol. The number of Topliss-reactive ketones (excluding diaryl/α,β-unsaturated/α-hetero) is 1. The number of rotatable bonds is 6. The molecule has 0 aromatic carbocycles. The summed E-state index contributed by atoms with van der Waals surface area (Å²) < 4.78 is 4.41. The Balaban J connectivity index is 2.09. The summed E-state index contributed by atoms with van der Waals surface area (Å²) >= 11 is 0. The Bertz CT molecular complexity index is 349. The van der Waals surface area contributed by atoms with Crippen LogP contribution >= 0.6 is 0 Å². The lowest BCUT2D eigenvalue weighted by Crippen LogP contribution is -2.23. The first kappa shape index (κ1) is 14.4. The van der Waals surface area contributed by atoms with Crippen LogP contribution in [0.2, 0.25) is 0 Å². The average Bonchev–Trinajstić information content (AvgIpc) is 2.77. The minimum atomic E-state index is -0.436. The van der Waals surface area contributed by atoms with E-state index in [0.29, 0.717) is 37.5 Å². The molecule has 0 radical (unpaired) electrons. The molecule has 1 unspecified atom stereocenters. The van der Waals surface area contributed by atoms with Crippen molar-refractivity contribution in [2.24, 2.45) is 5.92 Å². The number of methoxy groups -OCH3 is 1. The topological polar surface area (TPSA) is 72.5 Å². The van der Waals surface area contributed by atoms with Gasteiger partial charge in [0, 0.05) is 31.9 Å². The lowest BCUT2D eigenvalue weighted by molar-refractivity contribution is -0.135. The number of nitrogens with one attached hydrogen (secondary N) is 1. The zero-order valence-electron chi connectivity index (χ0n) is 10.6. The van der Waals surface area contributed by atoms with Gasteiger partial charge in [0.25, 0.3) is 0 Å². The van der Waals surface area contributed by atoms with Crippen LogP contribution in [0.4, 0.5) is 0 Å². The molecule has 1 rings (SSSR count). The van der Waals surface area contributed by atoms with Crippen LogP contribution in [0, 0.1) is 5.92 Å². The van der Waals surface area contributed by atoms with Gasteiger partial charge in [0.2, 0.25) is 5.91 Å². The number of ether oxygens (including phenoxy) is 1. The fourth-order valence-electron chi connectivity index (χ4n) is 1.96. The van der Waals surface area contributed by atoms with Gasteiger partial charge in [0.05, 0.1) is 7.11 Å². The first-order valence-corrected chi connectivity index (χ1v) is 6.14. The second-order valence-electron chi connectivity index (χ2n) is 4.42. The summed E-state index contributed by atoms with van der Waals surface area (Å²) in [6.07, 6.45) is 6.21. The minimum absolute atomic E-state index is 0.0520. The highest BCUT2D eigenvalue weighted by Gasteiger charge is 2.22. The van der Waals surface area contributed by atoms with Gasteiger partial charge in [-0.2, -0.15) is 0 Å². The molecule has 1 aliphatic carbocycles. The van der Waals surface area contributed by atoms with Gasteiger partial charge in [-0.05, 0) is 18.8 Å². The van der Waals surface area contributed by atoms with E-state index in [4.69, 9.17) is 0 Å². The quantitative estimate of drug-likeness (QED) is 0.565. The SMILES string of the molecule is COC(=O)/C=C/CNC(=O)CCC1CCC(=O)C1. The van der Waals surface area contributed by atoms with E-state index in [1.54, 1.807) is 6.08 Å². The van der Waals surface area contributed by atoms with Crippen molar-refractivity contribution in [3.05, 3.63) is 12.2 Å². The fraction of sp³-hybridized carbons (Fsp3) is 0.615. The highest BCUT2D eigenvalue weighted by Crippen LogP contribution is 2.25. The second-order valence-corrected chi connectivity index (χ2v) is 4.42. The molecule has 0 aromatic heterocycles. The van der Waals surface area contributed by atoms with E-state index in [-0.39, 0.29) is 5.91 Å². The molecule has 5 nitrogen and oxygen atoms in total. The van der Waals surface area contributed by atoms with Crippen molar-refractivity contribution in [2.45, 2.75) is 32.1 Å². The van der Waals surface area contributed by atoms with Crippen LogP contribution in [-0.4, -0.2) is 31.3 Å². The lowest BCUT2D eigenvalue weighted by atomic mass is 10.0. The van der Waals surface area contributed by atoms with Crippen molar-refractivity contribution in [3.8, 4) is 0 Å². The van der Waals surface area contributed by atoms with Crippen molar-refractivity contribution < 1.29 is 19.1 Å². The van der Waals surface area contributed by atoms with Crippen molar-refractivity contribution in [1.29, 1.82) is 0 Å². The second kappa shape index (κ2) is 7.63. The molecule has 0 spiro atoms. The maximum Gasteiger partial charge on any atom is 0.330 e. The van der Waals surface area contributed by atoms with Crippen LogP contribution in [0.15, 0.2) is 12.2 Å². The first-order chi connectivity index (χ1) is 8.61. The predicted octanol–water partition coefficient (Wildman–Crippen LogP) is 0.981. The zero-order valence-corrected chi connectivity index (χ0v) is 10.6. The van der Waals surface area contributed by atoms with Gasteiger partial charge in [0.1, 0.15) is 5.78 Å². The first-order valence-electron chi connectivity index (χ1n) is 6.14. The van der Waals surface area contributed by atoms with Gasteiger partial charge in [-0.1, -0.05) is 6.08 Å². The molecule has 0 aliphatic heterocycles. The van der Waals surface area contributed by atoms with Gasteiger partial charge in [-0.3, -0.25) is 9.59 Å². The third-order valence-corrected chi connectivity index (χ3v) is 3.00. The summed E-state index contributed by atoms with van der Waals surface area (Å²) in [5.74, 6) is 0.188. The Hall–Kier alpha value is -1.65. The van der Waals surface area contributed by atoms with Gasteiger partial charge >= 0.3 is 5.97 Å². The largest absolute Gasteiger partial charge is 0.466 e. The smallest absolute Gasteiger partial charge is 0.330 e. The third kappa shape index (κ3) is 5.61. The maximum absolute atomic E-state index is 11.4. The average molecular weight is 253 g/mol. The number of hydrogen-bond donors (Lipinski definition) is 1. The maximum atomic E-state index is 11.4. The van der Waals surface area contributed by atoms with Gasteiger partial charge in [-0.25, -0.2) is 4.79 Å². The molecular weight excluding hydrogens is 234 g/mol. The van der Waals surface area contributed by atoms with E-state index in [1.807, 2.05) is 0 Å². The van der Waals surface area contributed by atoms with Gasteiger partial charge in [0.15, 0.2) is 0 Å². The molecule has 1 amide bonds. The summed E-state index contributed by atoms with van der Waals surface area (Å²) in [4.78, 5) is 33.2. The number of ketones is 1. The van der Waals surface area contributed by atoms with E-state index < -0.39 is 5.97 Å². The van der Waals surface area contributed by atoms with Gasteiger partial charge in [-0.15, -0.1) is 0 Å². The zero-order chi connectivity index (χ0) is 13.4. The molecule has 1 fully saturated rings. The monoisotopic (exact) mass is 253 g/mol.